The molecular weight excluding hydrogens is 180 g/mol. The van der Waals surface area contributed by atoms with Gasteiger partial charge in [-0.25, -0.2) is 4.79 Å². The fourth-order valence-corrected chi connectivity index (χ4v) is 1.20. The van der Waals surface area contributed by atoms with E-state index in [9.17, 15) is 4.79 Å². The minimum atomic E-state index is -1.03. The molecule has 1 aromatic carbocycles. The van der Waals surface area contributed by atoms with Crippen LogP contribution in [0.5, 0.6) is 0 Å². The van der Waals surface area contributed by atoms with E-state index < -0.39 is 6.09 Å². The molecule has 1 aromatic rings. The first kappa shape index (κ1) is 10.4. The van der Waals surface area contributed by atoms with Gasteiger partial charge in [0.05, 0.1) is 6.04 Å². The van der Waals surface area contributed by atoms with Gasteiger partial charge in [-0.3, -0.25) is 0 Å². The summed E-state index contributed by atoms with van der Waals surface area (Å²) in [6.07, 6.45) is -1.03. The molecule has 0 radical (unpaired) electrons. The highest BCUT2D eigenvalue weighted by molar-refractivity contribution is 5.65. The van der Waals surface area contributed by atoms with Gasteiger partial charge < -0.3 is 16.2 Å². The quantitative estimate of drug-likeness (QED) is 0.629. The molecule has 0 fully saturated rings. The van der Waals surface area contributed by atoms with E-state index in [-0.39, 0.29) is 6.04 Å². The van der Waals surface area contributed by atoms with Crippen molar-refractivity contribution < 1.29 is 9.90 Å². The normalized spacial score (nSPS) is 12.1. The van der Waals surface area contributed by atoms with Crippen LogP contribution < -0.4 is 11.1 Å². The van der Waals surface area contributed by atoms with Crippen molar-refractivity contribution in [3.05, 3.63) is 29.3 Å². The molecule has 1 atom stereocenters. The Bertz CT molecular complexity index is 350. The van der Waals surface area contributed by atoms with Gasteiger partial charge in [-0.2, -0.15) is 0 Å². The van der Waals surface area contributed by atoms with Crippen LogP contribution in [-0.4, -0.2) is 11.2 Å². The second-order valence-corrected chi connectivity index (χ2v) is 3.29. The Morgan fingerprint density at radius 2 is 2.21 bits per heavy atom. The molecule has 4 nitrogen and oxygen atoms in total. The minimum Gasteiger partial charge on any atom is -0.465 e. The van der Waals surface area contributed by atoms with Gasteiger partial charge >= 0.3 is 6.09 Å². The lowest BCUT2D eigenvalue weighted by Crippen LogP contribution is -2.24. The van der Waals surface area contributed by atoms with Crippen LogP contribution in [0.3, 0.4) is 0 Å². The van der Waals surface area contributed by atoms with Gasteiger partial charge in [0.1, 0.15) is 0 Å². The zero-order valence-electron chi connectivity index (χ0n) is 8.24. The topological polar surface area (TPSA) is 75.3 Å². The van der Waals surface area contributed by atoms with E-state index in [2.05, 4.69) is 5.32 Å². The number of hydrogen-bond acceptors (Lipinski definition) is 2. The number of aryl methyl sites for hydroxylation is 1. The number of amides is 1. The van der Waals surface area contributed by atoms with Crippen molar-refractivity contribution in [3.63, 3.8) is 0 Å². The molecular formula is C10H14N2O2. The fraction of sp³-hybridized carbons (Fsp3) is 0.300. The highest BCUT2D eigenvalue weighted by Gasteiger charge is 2.08. The van der Waals surface area contributed by atoms with Crippen molar-refractivity contribution >= 4 is 11.8 Å². The molecule has 0 aliphatic heterocycles. The standard InChI is InChI=1S/C10H14N2O2/c1-6-3-4-8(5-9(6)11)7(2)12-10(13)14/h3-5,7,12H,11H2,1-2H3,(H,13,14)/t7-/m0/s1. The first-order valence-corrected chi connectivity index (χ1v) is 4.36. The zero-order valence-corrected chi connectivity index (χ0v) is 8.24. The molecule has 1 rings (SSSR count). The van der Waals surface area contributed by atoms with Crippen LogP contribution in [-0.2, 0) is 0 Å². The Kier molecular flexibility index (Phi) is 2.96. The van der Waals surface area contributed by atoms with E-state index in [1.807, 2.05) is 19.1 Å². The predicted octanol–water partition coefficient (Wildman–Crippen LogP) is 1.91. The lowest BCUT2D eigenvalue weighted by Gasteiger charge is -2.12. The maximum absolute atomic E-state index is 10.4. The number of carboxylic acid groups (broad SMARTS) is 1. The maximum atomic E-state index is 10.4. The van der Waals surface area contributed by atoms with Gasteiger partial charge in [0, 0.05) is 5.69 Å². The second kappa shape index (κ2) is 4.00. The highest BCUT2D eigenvalue weighted by atomic mass is 16.4. The largest absolute Gasteiger partial charge is 0.465 e. The van der Waals surface area contributed by atoms with Crippen LogP contribution in [0.2, 0.25) is 0 Å². The van der Waals surface area contributed by atoms with Crippen molar-refractivity contribution in [2.24, 2.45) is 0 Å². The van der Waals surface area contributed by atoms with E-state index >= 15 is 0 Å². The first-order valence-electron chi connectivity index (χ1n) is 4.36. The summed E-state index contributed by atoms with van der Waals surface area (Å²) in [6, 6.07) is 5.29. The molecule has 76 valence electrons. The molecule has 0 bridgehead atoms. The molecule has 0 unspecified atom stereocenters. The number of hydrogen-bond donors (Lipinski definition) is 3. The lowest BCUT2D eigenvalue weighted by molar-refractivity contribution is 0.191. The number of carbonyl (C=O) groups is 1. The van der Waals surface area contributed by atoms with Gasteiger partial charge in [0.15, 0.2) is 0 Å². The summed E-state index contributed by atoms with van der Waals surface area (Å²) in [5, 5.41) is 10.9. The molecule has 0 spiro atoms. The Balaban J connectivity index is 2.85. The van der Waals surface area contributed by atoms with E-state index in [0.717, 1.165) is 11.1 Å². The third-order valence-corrected chi connectivity index (χ3v) is 2.14. The summed E-state index contributed by atoms with van der Waals surface area (Å²) < 4.78 is 0. The van der Waals surface area contributed by atoms with Crippen LogP contribution >= 0.6 is 0 Å². The average Bonchev–Trinajstić information content (AvgIpc) is 2.08. The summed E-state index contributed by atoms with van der Waals surface area (Å²) in [4.78, 5) is 10.4. The van der Waals surface area contributed by atoms with Gasteiger partial charge in [0.25, 0.3) is 0 Å². The third-order valence-electron chi connectivity index (χ3n) is 2.14. The monoisotopic (exact) mass is 194 g/mol. The molecule has 1 amide bonds. The SMILES string of the molecule is Cc1ccc([C@H](C)NC(=O)O)cc1N. The molecule has 0 aliphatic carbocycles. The van der Waals surface area contributed by atoms with E-state index in [1.165, 1.54) is 0 Å². The van der Waals surface area contributed by atoms with Gasteiger partial charge in [-0.1, -0.05) is 12.1 Å². The summed E-state index contributed by atoms with van der Waals surface area (Å²) in [7, 11) is 0. The Morgan fingerprint density at radius 1 is 1.57 bits per heavy atom. The van der Waals surface area contributed by atoms with Crippen LogP contribution in [0.25, 0.3) is 0 Å². The van der Waals surface area contributed by atoms with Crippen molar-refractivity contribution in [1.82, 2.24) is 5.32 Å². The molecule has 0 aliphatic rings. The summed E-state index contributed by atoms with van der Waals surface area (Å²) in [5.41, 5.74) is 8.26. The Labute approximate surface area is 82.7 Å². The molecule has 4 N–H and O–H groups in total. The average molecular weight is 194 g/mol. The Morgan fingerprint density at radius 3 is 2.71 bits per heavy atom. The number of nitrogens with two attached hydrogens (primary N) is 1. The fourth-order valence-electron chi connectivity index (χ4n) is 1.20. The smallest absolute Gasteiger partial charge is 0.405 e. The maximum Gasteiger partial charge on any atom is 0.405 e. The van der Waals surface area contributed by atoms with Gasteiger partial charge in [-0.05, 0) is 31.0 Å². The first-order chi connectivity index (χ1) is 6.50. The molecule has 14 heavy (non-hydrogen) atoms. The molecule has 0 aromatic heterocycles. The molecule has 4 heteroatoms. The molecule has 0 saturated heterocycles. The van der Waals surface area contributed by atoms with Crippen molar-refractivity contribution in [3.8, 4) is 0 Å². The van der Waals surface area contributed by atoms with Crippen molar-refractivity contribution in [2.75, 3.05) is 5.73 Å². The summed E-state index contributed by atoms with van der Waals surface area (Å²) in [5.74, 6) is 0. The molecule has 0 heterocycles. The lowest BCUT2D eigenvalue weighted by atomic mass is 10.1. The van der Waals surface area contributed by atoms with Crippen LogP contribution in [0.1, 0.15) is 24.1 Å². The van der Waals surface area contributed by atoms with E-state index in [0.29, 0.717) is 5.69 Å². The number of nitrogens with one attached hydrogen (secondary N) is 1. The van der Waals surface area contributed by atoms with E-state index in [4.69, 9.17) is 10.8 Å². The number of rotatable bonds is 2. The summed E-state index contributed by atoms with van der Waals surface area (Å²) >= 11 is 0. The van der Waals surface area contributed by atoms with Crippen LogP contribution in [0.15, 0.2) is 18.2 Å². The third kappa shape index (κ3) is 2.39. The van der Waals surface area contributed by atoms with Gasteiger partial charge in [0.2, 0.25) is 0 Å². The van der Waals surface area contributed by atoms with Crippen LogP contribution in [0.4, 0.5) is 10.5 Å². The molecule has 0 saturated carbocycles. The highest BCUT2D eigenvalue weighted by Crippen LogP contribution is 2.18. The van der Waals surface area contributed by atoms with Gasteiger partial charge in [-0.15, -0.1) is 0 Å². The number of anilines is 1. The number of benzene rings is 1. The van der Waals surface area contributed by atoms with E-state index in [1.54, 1.807) is 13.0 Å². The Hall–Kier alpha value is -1.71. The number of nitrogen functional groups attached to an aromatic ring is 1. The summed E-state index contributed by atoms with van der Waals surface area (Å²) in [6.45, 7) is 3.69. The van der Waals surface area contributed by atoms with Crippen LogP contribution in [0, 0.1) is 6.92 Å². The minimum absolute atomic E-state index is 0.240. The second-order valence-electron chi connectivity index (χ2n) is 3.29. The van der Waals surface area contributed by atoms with Crippen molar-refractivity contribution in [1.29, 1.82) is 0 Å². The zero-order chi connectivity index (χ0) is 10.7. The van der Waals surface area contributed by atoms with Crippen molar-refractivity contribution in [2.45, 2.75) is 19.9 Å². The predicted molar refractivity (Wildman–Crippen MR) is 55.2 cm³/mol.